The molecule has 0 spiro atoms. The van der Waals surface area contributed by atoms with Gasteiger partial charge in [-0.15, -0.1) is 0 Å². The smallest absolute Gasteiger partial charge is 0.260 e. The standard InChI is InChI=1S/C19H23N3O6S/c1-26-15-7-5-6-14(10-15)12-20-21-19(23)13-22(29(4,24)25)17-11-16(27-2)8-9-18(17)28-3/h5-12H,13H2,1-4H3,(H,21,23)/b20-12-. The molecule has 2 aromatic rings. The zero-order valence-corrected chi connectivity index (χ0v) is 17.4. The second kappa shape index (κ2) is 9.78. The third-order valence-electron chi connectivity index (χ3n) is 3.84. The Kier molecular flexibility index (Phi) is 7.43. The summed E-state index contributed by atoms with van der Waals surface area (Å²) >= 11 is 0. The Morgan fingerprint density at radius 1 is 1.07 bits per heavy atom. The number of benzene rings is 2. The van der Waals surface area contributed by atoms with E-state index in [1.807, 2.05) is 0 Å². The van der Waals surface area contributed by atoms with E-state index in [1.165, 1.54) is 26.5 Å². The Bertz CT molecular complexity index is 991. The summed E-state index contributed by atoms with van der Waals surface area (Å²) < 4.78 is 41.0. The Morgan fingerprint density at radius 3 is 2.38 bits per heavy atom. The van der Waals surface area contributed by atoms with Crippen molar-refractivity contribution < 1.29 is 27.4 Å². The number of carbonyl (C=O) groups excluding carboxylic acids is 1. The van der Waals surface area contributed by atoms with Gasteiger partial charge in [-0.3, -0.25) is 9.10 Å². The van der Waals surface area contributed by atoms with Crippen LogP contribution in [0.15, 0.2) is 47.6 Å². The van der Waals surface area contributed by atoms with Crippen LogP contribution in [0.4, 0.5) is 5.69 Å². The van der Waals surface area contributed by atoms with Gasteiger partial charge in [0.1, 0.15) is 23.8 Å². The topological polar surface area (TPSA) is 107 Å². The van der Waals surface area contributed by atoms with Crippen LogP contribution in [0.5, 0.6) is 17.2 Å². The number of nitrogens with zero attached hydrogens (tertiary/aromatic N) is 2. The van der Waals surface area contributed by atoms with E-state index < -0.39 is 22.5 Å². The first-order valence-corrected chi connectivity index (χ1v) is 10.3. The van der Waals surface area contributed by atoms with E-state index >= 15 is 0 Å². The molecule has 0 aliphatic heterocycles. The summed E-state index contributed by atoms with van der Waals surface area (Å²) in [6.07, 6.45) is 2.43. The van der Waals surface area contributed by atoms with Crippen molar-refractivity contribution in [2.45, 2.75) is 0 Å². The first-order valence-electron chi connectivity index (χ1n) is 8.44. The molecule has 0 unspecified atom stereocenters. The molecular formula is C19H23N3O6S. The Balaban J connectivity index is 2.19. The maximum atomic E-state index is 12.3. The molecule has 0 heterocycles. The molecule has 0 atom stereocenters. The van der Waals surface area contributed by atoms with Gasteiger partial charge in [0, 0.05) is 6.07 Å². The summed E-state index contributed by atoms with van der Waals surface area (Å²) in [5, 5.41) is 3.86. The molecular weight excluding hydrogens is 398 g/mol. The fourth-order valence-corrected chi connectivity index (χ4v) is 3.29. The fourth-order valence-electron chi connectivity index (χ4n) is 2.44. The second-order valence-corrected chi connectivity index (χ2v) is 7.78. The van der Waals surface area contributed by atoms with Gasteiger partial charge in [0.2, 0.25) is 10.0 Å². The zero-order valence-electron chi connectivity index (χ0n) is 16.6. The lowest BCUT2D eigenvalue weighted by Crippen LogP contribution is -2.39. The largest absolute Gasteiger partial charge is 0.497 e. The summed E-state index contributed by atoms with van der Waals surface area (Å²) in [6, 6.07) is 11.7. The van der Waals surface area contributed by atoms with Crippen molar-refractivity contribution >= 4 is 27.8 Å². The van der Waals surface area contributed by atoms with Crippen molar-refractivity contribution in [1.82, 2.24) is 5.43 Å². The van der Waals surface area contributed by atoms with Crippen molar-refractivity contribution in [2.75, 3.05) is 38.4 Å². The van der Waals surface area contributed by atoms with E-state index in [-0.39, 0.29) is 11.4 Å². The number of carbonyl (C=O) groups is 1. The Morgan fingerprint density at radius 2 is 1.76 bits per heavy atom. The van der Waals surface area contributed by atoms with E-state index in [0.717, 1.165) is 10.6 Å². The average Bonchev–Trinajstić information content (AvgIpc) is 2.70. The van der Waals surface area contributed by atoms with Gasteiger partial charge >= 0.3 is 0 Å². The minimum absolute atomic E-state index is 0.182. The highest BCUT2D eigenvalue weighted by Gasteiger charge is 2.24. The summed E-state index contributed by atoms with van der Waals surface area (Å²) in [6.45, 7) is -0.488. The molecule has 0 aliphatic rings. The quantitative estimate of drug-likeness (QED) is 0.487. The molecule has 10 heteroatoms. The summed E-state index contributed by atoms with van der Waals surface area (Å²) in [7, 11) is 0.620. The SMILES string of the molecule is COc1cccc(/C=N\NC(=O)CN(c2cc(OC)ccc2OC)S(C)(=O)=O)c1. The molecule has 1 amide bonds. The molecule has 9 nitrogen and oxygen atoms in total. The maximum Gasteiger partial charge on any atom is 0.260 e. The van der Waals surface area contributed by atoms with E-state index in [2.05, 4.69) is 10.5 Å². The minimum atomic E-state index is -3.79. The third-order valence-corrected chi connectivity index (χ3v) is 4.97. The normalized spacial score (nSPS) is 11.2. The summed E-state index contributed by atoms with van der Waals surface area (Å²) in [5.74, 6) is 0.725. The van der Waals surface area contributed by atoms with Gasteiger partial charge in [-0.25, -0.2) is 13.8 Å². The number of hydrazone groups is 1. The van der Waals surface area contributed by atoms with Crippen molar-refractivity contribution in [3.63, 3.8) is 0 Å². The molecule has 0 aliphatic carbocycles. The lowest BCUT2D eigenvalue weighted by atomic mass is 10.2. The third kappa shape index (κ3) is 6.11. The maximum absolute atomic E-state index is 12.3. The molecule has 1 N–H and O–H groups in total. The van der Waals surface area contributed by atoms with Gasteiger partial charge in [0.05, 0.1) is 39.5 Å². The molecule has 0 bridgehead atoms. The van der Waals surface area contributed by atoms with Crippen LogP contribution in [0.25, 0.3) is 0 Å². The lowest BCUT2D eigenvalue weighted by Gasteiger charge is -2.23. The van der Waals surface area contributed by atoms with Crippen LogP contribution in [0.3, 0.4) is 0 Å². The van der Waals surface area contributed by atoms with Gasteiger partial charge in [-0.1, -0.05) is 12.1 Å². The zero-order chi connectivity index (χ0) is 21.4. The Hall–Kier alpha value is -3.27. The summed E-state index contributed by atoms with van der Waals surface area (Å²) in [5.41, 5.74) is 3.21. The van der Waals surface area contributed by atoms with Crippen LogP contribution in [0, 0.1) is 0 Å². The van der Waals surface area contributed by atoms with Gasteiger partial charge in [-0.2, -0.15) is 5.10 Å². The van der Waals surface area contributed by atoms with Gasteiger partial charge in [-0.05, 0) is 29.8 Å². The van der Waals surface area contributed by atoms with Crippen molar-refractivity contribution in [3.8, 4) is 17.2 Å². The molecule has 2 rings (SSSR count). The molecule has 156 valence electrons. The molecule has 0 aromatic heterocycles. The van der Waals surface area contributed by atoms with E-state index in [1.54, 1.807) is 43.5 Å². The van der Waals surface area contributed by atoms with Crippen LogP contribution >= 0.6 is 0 Å². The average molecular weight is 421 g/mol. The fraction of sp³-hybridized carbons (Fsp3) is 0.263. The van der Waals surface area contributed by atoms with Crippen LogP contribution in [0.2, 0.25) is 0 Å². The number of amides is 1. The van der Waals surface area contributed by atoms with Crippen LogP contribution in [0.1, 0.15) is 5.56 Å². The van der Waals surface area contributed by atoms with E-state index in [4.69, 9.17) is 14.2 Å². The highest BCUT2D eigenvalue weighted by molar-refractivity contribution is 7.92. The van der Waals surface area contributed by atoms with Crippen LogP contribution in [-0.2, 0) is 14.8 Å². The van der Waals surface area contributed by atoms with Crippen LogP contribution in [-0.4, -0.2) is 54.7 Å². The number of nitrogens with one attached hydrogen (secondary N) is 1. The molecule has 0 fully saturated rings. The number of methoxy groups -OCH3 is 3. The van der Waals surface area contributed by atoms with E-state index in [9.17, 15) is 13.2 Å². The monoisotopic (exact) mass is 421 g/mol. The molecule has 0 radical (unpaired) electrons. The lowest BCUT2D eigenvalue weighted by molar-refractivity contribution is -0.119. The number of sulfonamides is 1. The van der Waals surface area contributed by atoms with Gasteiger partial charge in [0.25, 0.3) is 5.91 Å². The second-order valence-electron chi connectivity index (χ2n) is 5.88. The predicted octanol–water partition coefficient (Wildman–Crippen LogP) is 1.63. The van der Waals surface area contributed by atoms with Crippen molar-refractivity contribution in [3.05, 3.63) is 48.0 Å². The number of hydrogen-bond acceptors (Lipinski definition) is 7. The number of hydrogen-bond donors (Lipinski definition) is 1. The molecule has 0 saturated carbocycles. The van der Waals surface area contributed by atoms with Crippen molar-refractivity contribution in [2.24, 2.45) is 5.10 Å². The number of anilines is 1. The molecule has 29 heavy (non-hydrogen) atoms. The Labute approximate surface area is 169 Å². The predicted molar refractivity (Wildman–Crippen MR) is 110 cm³/mol. The highest BCUT2D eigenvalue weighted by atomic mass is 32.2. The first kappa shape index (κ1) is 22.0. The highest BCUT2D eigenvalue weighted by Crippen LogP contribution is 2.33. The van der Waals surface area contributed by atoms with Gasteiger partial charge in [0.15, 0.2) is 0 Å². The summed E-state index contributed by atoms with van der Waals surface area (Å²) in [4.78, 5) is 12.3. The molecule has 2 aromatic carbocycles. The minimum Gasteiger partial charge on any atom is -0.497 e. The van der Waals surface area contributed by atoms with Crippen molar-refractivity contribution in [1.29, 1.82) is 0 Å². The first-order chi connectivity index (χ1) is 13.8. The molecule has 0 saturated heterocycles. The van der Waals surface area contributed by atoms with Gasteiger partial charge < -0.3 is 14.2 Å². The number of ether oxygens (including phenoxy) is 3. The van der Waals surface area contributed by atoms with E-state index in [0.29, 0.717) is 17.1 Å². The van der Waals surface area contributed by atoms with Crippen LogP contribution < -0.4 is 23.9 Å². The number of rotatable bonds is 9.